The molecule has 13 heavy (non-hydrogen) atoms. The predicted molar refractivity (Wildman–Crippen MR) is 48.9 cm³/mol. The lowest BCUT2D eigenvalue weighted by molar-refractivity contribution is 0.507. The summed E-state index contributed by atoms with van der Waals surface area (Å²) in [7, 11) is 0. The van der Waals surface area contributed by atoms with Crippen molar-refractivity contribution in [3.63, 3.8) is 0 Å². The SMILES string of the molecule is Cl.NC1CC1c1ccc(F)c(F)c1. The van der Waals surface area contributed by atoms with E-state index in [0.717, 1.165) is 18.1 Å². The summed E-state index contributed by atoms with van der Waals surface area (Å²) in [5, 5.41) is 0. The van der Waals surface area contributed by atoms with E-state index in [4.69, 9.17) is 5.73 Å². The zero-order chi connectivity index (χ0) is 8.72. The molecule has 0 saturated heterocycles. The largest absolute Gasteiger partial charge is 0.327 e. The molecule has 1 aliphatic carbocycles. The van der Waals surface area contributed by atoms with Crippen LogP contribution in [-0.4, -0.2) is 6.04 Å². The molecule has 0 amide bonds. The fourth-order valence-electron chi connectivity index (χ4n) is 1.34. The summed E-state index contributed by atoms with van der Waals surface area (Å²) in [5.74, 6) is -1.35. The minimum atomic E-state index is -0.798. The van der Waals surface area contributed by atoms with Gasteiger partial charge in [0.1, 0.15) is 0 Å². The maximum Gasteiger partial charge on any atom is 0.159 e. The van der Waals surface area contributed by atoms with E-state index in [2.05, 4.69) is 0 Å². The van der Waals surface area contributed by atoms with Crippen LogP contribution in [0.2, 0.25) is 0 Å². The molecule has 1 fully saturated rings. The second kappa shape index (κ2) is 3.60. The third-order valence-corrected chi connectivity index (χ3v) is 2.21. The first kappa shape index (κ1) is 10.4. The van der Waals surface area contributed by atoms with Crippen molar-refractivity contribution in [1.82, 2.24) is 0 Å². The second-order valence-corrected chi connectivity index (χ2v) is 3.18. The van der Waals surface area contributed by atoms with Gasteiger partial charge < -0.3 is 5.73 Å². The Morgan fingerprint density at radius 2 is 1.85 bits per heavy atom. The molecule has 1 aromatic rings. The maximum absolute atomic E-state index is 12.7. The van der Waals surface area contributed by atoms with Crippen molar-refractivity contribution < 1.29 is 8.78 Å². The highest BCUT2D eigenvalue weighted by atomic mass is 35.5. The lowest BCUT2D eigenvalue weighted by atomic mass is 10.1. The van der Waals surface area contributed by atoms with Gasteiger partial charge in [-0.2, -0.15) is 0 Å². The summed E-state index contributed by atoms with van der Waals surface area (Å²) >= 11 is 0. The zero-order valence-electron chi connectivity index (χ0n) is 6.84. The standard InChI is InChI=1S/C9H9F2N.ClH/c10-7-2-1-5(3-8(7)11)6-4-9(6)12;/h1-3,6,9H,4,12H2;1H. The van der Waals surface area contributed by atoms with E-state index < -0.39 is 11.6 Å². The molecule has 72 valence electrons. The number of hydrogen-bond donors (Lipinski definition) is 1. The number of hydrogen-bond acceptors (Lipinski definition) is 1. The van der Waals surface area contributed by atoms with Crippen LogP contribution in [0.15, 0.2) is 18.2 Å². The Balaban J connectivity index is 0.000000845. The summed E-state index contributed by atoms with van der Waals surface area (Å²) in [6.07, 6.45) is 0.880. The molecule has 0 aromatic heterocycles. The van der Waals surface area contributed by atoms with E-state index in [-0.39, 0.29) is 24.4 Å². The van der Waals surface area contributed by atoms with Crippen molar-refractivity contribution >= 4 is 12.4 Å². The molecular formula is C9H10ClF2N. The van der Waals surface area contributed by atoms with E-state index in [1.807, 2.05) is 0 Å². The summed E-state index contributed by atoms with van der Waals surface area (Å²) in [6, 6.07) is 4.10. The van der Waals surface area contributed by atoms with Crippen molar-refractivity contribution in [3.05, 3.63) is 35.4 Å². The normalized spacial score (nSPS) is 25.2. The molecule has 1 saturated carbocycles. The van der Waals surface area contributed by atoms with E-state index >= 15 is 0 Å². The zero-order valence-corrected chi connectivity index (χ0v) is 7.65. The van der Waals surface area contributed by atoms with E-state index in [1.54, 1.807) is 6.07 Å². The van der Waals surface area contributed by atoms with Crippen molar-refractivity contribution in [2.75, 3.05) is 0 Å². The minimum absolute atomic E-state index is 0. The molecule has 2 N–H and O–H groups in total. The third kappa shape index (κ3) is 1.98. The minimum Gasteiger partial charge on any atom is -0.327 e. The topological polar surface area (TPSA) is 26.0 Å². The lowest BCUT2D eigenvalue weighted by Crippen LogP contribution is -2.01. The van der Waals surface area contributed by atoms with Gasteiger partial charge in [0.05, 0.1) is 0 Å². The first-order chi connectivity index (χ1) is 5.68. The number of nitrogens with two attached hydrogens (primary N) is 1. The maximum atomic E-state index is 12.7. The fourth-order valence-corrected chi connectivity index (χ4v) is 1.34. The summed E-state index contributed by atoms with van der Waals surface area (Å²) < 4.78 is 25.2. The van der Waals surface area contributed by atoms with Crippen LogP contribution in [0, 0.1) is 11.6 Å². The molecule has 0 spiro atoms. The van der Waals surface area contributed by atoms with Crippen LogP contribution in [0.1, 0.15) is 17.9 Å². The van der Waals surface area contributed by atoms with Crippen molar-refractivity contribution in [1.29, 1.82) is 0 Å². The molecule has 2 atom stereocenters. The van der Waals surface area contributed by atoms with Gasteiger partial charge in [-0.25, -0.2) is 8.78 Å². The second-order valence-electron chi connectivity index (χ2n) is 3.18. The van der Waals surface area contributed by atoms with Gasteiger partial charge in [-0.15, -0.1) is 12.4 Å². The van der Waals surface area contributed by atoms with E-state index in [0.29, 0.717) is 0 Å². The molecule has 0 aliphatic heterocycles. The van der Waals surface area contributed by atoms with Crippen molar-refractivity contribution in [3.8, 4) is 0 Å². The van der Waals surface area contributed by atoms with Crippen LogP contribution in [0.4, 0.5) is 8.78 Å². The molecule has 1 aromatic carbocycles. The number of rotatable bonds is 1. The molecule has 2 rings (SSSR count). The van der Waals surface area contributed by atoms with Crippen LogP contribution in [0.3, 0.4) is 0 Å². The fraction of sp³-hybridized carbons (Fsp3) is 0.333. The Kier molecular flexibility index (Phi) is 2.88. The predicted octanol–water partition coefficient (Wildman–Crippen LogP) is 2.20. The van der Waals surface area contributed by atoms with Crippen molar-refractivity contribution in [2.45, 2.75) is 18.4 Å². The molecule has 1 nitrogen and oxygen atoms in total. The highest BCUT2D eigenvalue weighted by molar-refractivity contribution is 5.85. The van der Waals surface area contributed by atoms with Crippen LogP contribution in [0.25, 0.3) is 0 Å². The Labute approximate surface area is 81.3 Å². The monoisotopic (exact) mass is 205 g/mol. The Bertz CT molecular complexity index is 316. The first-order valence-corrected chi connectivity index (χ1v) is 3.89. The highest BCUT2D eigenvalue weighted by Gasteiger charge is 2.35. The smallest absolute Gasteiger partial charge is 0.159 e. The van der Waals surface area contributed by atoms with Gasteiger partial charge in [-0.05, 0) is 24.1 Å². The molecule has 2 unspecified atom stereocenters. The average molecular weight is 206 g/mol. The summed E-state index contributed by atoms with van der Waals surface area (Å²) in [5.41, 5.74) is 6.38. The summed E-state index contributed by atoms with van der Waals surface area (Å²) in [4.78, 5) is 0. The lowest BCUT2D eigenvalue weighted by Gasteiger charge is -1.98. The van der Waals surface area contributed by atoms with Gasteiger partial charge in [0.25, 0.3) is 0 Å². The number of halogens is 3. The van der Waals surface area contributed by atoms with Crippen LogP contribution in [-0.2, 0) is 0 Å². The van der Waals surface area contributed by atoms with Gasteiger partial charge >= 0.3 is 0 Å². The molecule has 1 aliphatic rings. The van der Waals surface area contributed by atoms with Crippen molar-refractivity contribution in [2.24, 2.45) is 5.73 Å². The molecule has 0 radical (unpaired) electrons. The number of benzene rings is 1. The van der Waals surface area contributed by atoms with E-state index in [1.165, 1.54) is 6.07 Å². The third-order valence-electron chi connectivity index (χ3n) is 2.21. The quantitative estimate of drug-likeness (QED) is 0.748. The summed E-state index contributed by atoms with van der Waals surface area (Å²) in [6.45, 7) is 0. The van der Waals surface area contributed by atoms with Crippen LogP contribution < -0.4 is 5.73 Å². The highest BCUT2D eigenvalue weighted by Crippen LogP contribution is 2.39. The first-order valence-electron chi connectivity index (χ1n) is 3.89. The molecule has 0 bridgehead atoms. The molecule has 4 heteroatoms. The average Bonchev–Trinajstić information content (AvgIpc) is 2.73. The Morgan fingerprint density at radius 3 is 2.31 bits per heavy atom. The van der Waals surface area contributed by atoms with Gasteiger partial charge in [0.2, 0.25) is 0 Å². The van der Waals surface area contributed by atoms with Gasteiger partial charge in [0, 0.05) is 12.0 Å². The van der Waals surface area contributed by atoms with Crippen LogP contribution in [0.5, 0.6) is 0 Å². The van der Waals surface area contributed by atoms with Gasteiger partial charge in [-0.1, -0.05) is 6.07 Å². The van der Waals surface area contributed by atoms with Gasteiger partial charge in [0.15, 0.2) is 11.6 Å². The molecular weight excluding hydrogens is 196 g/mol. The van der Waals surface area contributed by atoms with Gasteiger partial charge in [-0.3, -0.25) is 0 Å². The van der Waals surface area contributed by atoms with Crippen LogP contribution >= 0.6 is 12.4 Å². The molecule has 0 heterocycles. The van der Waals surface area contributed by atoms with E-state index in [9.17, 15) is 8.78 Å². The Hall–Kier alpha value is -0.670. The Morgan fingerprint density at radius 1 is 1.23 bits per heavy atom.